The maximum atomic E-state index is 9.90. The fourth-order valence-electron chi connectivity index (χ4n) is 3.24. The third-order valence-electron chi connectivity index (χ3n) is 4.33. The number of rotatable bonds is 4. The normalized spacial score (nSPS) is 31.6. The second kappa shape index (κ2) is 5.08. The van der Waals surface area contributed by atoms with E-state index in [0.717, 1.165) is 29.2 Å². The van der Waals surface area contributed by atoms with Crippen molar-refractivity contribution in [1.29, 1.82) is 0 Å². The van der Waals surface area contributed by atoms with E-state index < -0.39 is 0 Å². The van der Waals surface area contributed by atoms with Crippen molar-refractivity contribution in [3.05, 3.63) is 28.7 Å². The van der Waals surface area contributed by atoms with Crippen molar-refractivity contribution in [2.75, 3.05) is 18.5 Å². The molecule has 0 aromatic heterocycles. The average molecular weight is 325 g/mol. The van der Waals surface area contributed by atoms with E-state index in [1.807, 2.05) is 18.2 Å². The molecule has 0 spiro atoms. The average Bonchev–Trinajstić information content (AvgIpc) is 3.18. The molecule has 104 valence electrons. The number of anilines is 1. The smallest absolute Gasteiger partial charge is 0.0745 e. The van der Waals surface area contributed by atoms with Gasteiger partial charge in [0.15, 0.2) is 0 Å². The monoisotopic (exact) mass is 324 g/mol. The molecule has 0 radical (unpaired) electrons. The van der Waals surface area contributed by atoms with Crippen LogP contribution in [0.4, 0.5) is 5.69 Å². The predicted octanol–water partition coefficient (Wildman–Crippen LogP) is 2.85. The van der Waals surface area contributed by atoms with Gasteiger partial charge in [-0.15, -0.1) is 0 Å². The predicted molar refractivity (Wildman–Crippen MR) is 81.4 cm³/mol. The van der Waals surface area contributed by atoms with Gasteiger partial charge in [-0.2, -0.15) is 0 Å². The van der Waals surface area contributed by atoms with Crippen LogP contribution in [0.5, 0.6) is 0 Å². The van der Waals surface area contributed by atoms with Crippen LogP contribution in [0.2, 0.25) is 0 Å². The molecule has 2 unspecified atom stereocenters. The Hall–Kier alpha value is -0.580. The van der Waals surface area contributed by atoms with Crippen LogP contribution in [-0.2, 0) is 0 Å². The summed E-state index contributed by atoms with van der Waals surface area (Å²) in [6.45, 7) is 3.40. The van der Waals surface area contributed by atoms with Gasteiger partial charge in [0.05, 0.1) is 12.1 Å². The van der Waals surface area contributed by atoms with Crippen LogP contribution in [0.25, 0.3) is 0 Å². The number of aliphatic hydroxyl groups is 1. The van der Waals surface area contributed by atoms with Crippen LogP contribution in [0.1, 0.15) is 26.2 Å². The molecule has 3 nitrogen and oxygen atoms in total. The Labute approximate surface area is 123 Å². The summed E-state index contributed by atoms with van der Waals surface area (Å²) in [4.78, 5) is 2.56. The van der Waals surface area contributed by atoms with Gasteiger partial charge in [-0.1, -0.05) is 12.1 Å². The van der Waals surface area contributed by atoms with E-state index in [1.54, 1.807) is 0 Å². The van der Waals surface area contributed by atoms with Gasteiger partial charge in [-0.05, 0) is 54.2 Å². The zero-order valence-corrected chi connectivity index (χ0v) is 12.9. The highest BCUT2D eigenvalue weighted by Crippen LogP contribution is 2.39. The number of para-hydroxylation sites is 1. The minimum atomic E-state index is -0.202. The largest absolute Gasteiger partial charge is 0.394 e. The molecule has 2 N–H and O–H groups in total. The van der Waals surface area contributed by atoms with E-state index in [2.05, 4.69) is 39.1 Å². The Bertz CT molecular complexity index is 463. The summed E-state index contributed by atoms with van der Waals surface area (Å²) >= 11 is 3.57. The second-order valence-corrected chi connectivity index (χ2v) is 6.85. The molecule has 0 amide bonds. The lowest BCUT2D eigenvalue weighted by Gasteiger charge is -2.30. The molecular formula is C15H21BrN2O. The number of likely N-dealkylation sites (tertiary alicyclic amines) is 1. The third kappa shape index (κ3) is 2.67. The lowest BCUT2D eigenvalue weighted by atomic mass is 9.97. The van der Waals surface area contributed by atoms with Gasteiger partial charge in [0.25, 0.3) is 0 Å². The van der Waals surface area contributed by atoms with Crippen LogP contribution in [0, 0.1) is 0 Å². The van der Waals surface area contributed by atoms with Gasteiger partial charge in [0.1, 0.15) is 0 Å². The van der Waals surface area contributed by atoms with Crippen LogP contribution in [-0.4, -0.2) is 40.8 Å². The standard InChI is InChI=1S/C15H21BrN2O/c1-11-8-15(10-19,9-18(11)12-6-7-12)17-14-5-3-2-4-13(14)16/h2-5,11-12,17,19H,6-10H2,1H3. The number of aliphatic hydroxyl groups excluding tert-OH is 1. The topological polar surface area (TPSA) is 35.5 Å². The minimum absolute atomic E-state index is 0.182. The van der Waals surface area contributed by atoms with Crippen molar-refractivity contribution in [2.24, 2.45) is 0 Å². The molecule has 3 rings (SSSR count). The first kappa shape index (κ1) is 13.4. The maximum Gasteiger partial charge on any atom is 0.0745 e. The highest BCUT2D eigenvalue weighted by Gasteiger charge is 2.46. The summed E-state index contributed by atoms with van der Waals surface area (Å²) in [6.07, 6.45) is 3.64. The van der Waals surface area contributed by atoms with Crippen LogP contribution in [0.3, 0.4) is 0 Å². The van der Waals surface area contributed by atoms with E-state index in [0.29, 0.717) is 6.04 Å². The summed E-state index contributed by atoms with van der Waals surface area (Å²) in [5.74, 6) is 0. The van der Waals surface area contributed by atoms with Gasteiger partial charge in [-0.25, -0.2) is 0 Å². The zero-order chi connectivity index (χ0) is 13.5. The molecule has 1 saturated carbocycles. The molecule has 2 fully saturated rings. The third-order valence-corrected chi connectivity index (χ3v) is 5.02. The SMILES string of the molecule is CC1CC(CO)(Nc2ccccc2Br)CN1C1CC1. The Kier molecular flexibility index (Phi) is 3.58. The number of hydrogen-bond donors (Lipinski definition) is 2. The number of nitrogens with one attached hydrogen (secondary N) is 1. The summed E-state index contributed by atoms with van der Waals surface area (Å²) in [7, 11) is 0. The molecule has 2 atom stereocenters. The molecule has 1 aromatic carbocycles. The molecule has 19 heavy (non-hydrogen) atoms. The fraction of sp³-hybridized carbons (Fsp3) is 0.600. The van der Waals surface area contributed by atoms with Gasteiger partial charge >= 0.3 is 0 Å². The van der Waals surface area contributed by atoms with Crippen LogP contribution in [0.15, 0.2) is 28.7 Å². The number of benzene rings is 1. The summed E-state index contributed by atoms with van der Waals surface area (Å²) < 4.78 is 1.06. The molecule has 1 saturated heterocycles. The van der Waals surface area contributed by atoms with E-state index >= 15 is 0 Å². The first-order valence-electron chi connectivity index (χ1n) is 7.03. The first-order valence-corrected chi connectivity index (χ1v) is 7.82. The van der Waals surface area contributed by atoms with Crippen molar-refractivity contribution in [3.8, 4) is 0 Å². The number of hydrogen-bond acceptors (Lipinski definition) is 3. The van der Waals surface area contributed by atoms with E-state index in [9.17, 15) is 5.11 Å². The Balaban J connectivity index is 1.79. The molecule has 1 aliphatic carbocycles. The van der Waals surface area contributed by atoms with Crippen molar-refractivity contribution in [3.63, 3.8) is 0 Å². The first-order chi connectivity index (χ1) is 9.13. The van der Waals surface area contributed by atoms with E-state index in [4.69, 9.17) is 0 Å². The quantitative estimate of drug-likeness (QED) is 0.894. The zero-order valence-electron chi connectivity index (χ0n) is 11.3. The molecule has 2 aliphatic rings. The van der Waals surface area contributed by atoms with Gasteiger partial charge in [0.2, 0.25) is 0 Å². The minimum Gasteiger partial charge on any atom is -0.394 e. The molecule has 1 heterocycles. The molecule has 1 aromatic rings. The maximum absolute atomic E-state index is 9.90. The molecular weight excluding hydrogens is 304 g/mol. The number of nitrogens with zero attached hydrogens (tertiary/aromatic N) is 1. The number of halogens is 1. The summed E-state index contributed by atoms with van der Waals surface area (Å²) in [5.41, 5.74) is 0.868. The lowest BCUT2D eigenvalue weighted by Crippen LogP contribution is -2.45. The van der Waals surface area contributed by atoms with Crippen molar-refractivity contribution >= 4 is 21.6 Å². The Morgan fingerprint density at radius 1 is 1.42 bits per heavy atom. The van der Waals surface area contributed by atoms with Gasteiger partial charge < -0.3 is 10.4 Å². The Morgan fingerprint density at radius 3 is 2.79 bits per heavy atom. The molecule has 4 heteroatoms. The molecule has 0 bridgehead atoms. The van der Waals surface area contributed by atoms with E-state index in [-0.39, 0.29) is 12.1 Å². The van der Waals surface area contributed by atoms with Crippen molar-refractivity contribution in [1.82, 2.24) is 4.90 Å². The van der Waals surface area contributed by atoms with Crippen LogP contribution < -0.4 is 5.32 Å². The summed E-state index contributed by atoms with van der Waals surface area (Å²) in [5, 5.41) is 13.5. The van der Waals surface area contributed by atoms with E-state index in [1.165, 1.54) is 12.8 Å². The van der Waals surface area contributed by atoms with Crippen LogP contribution >= 0.6 is 15.9 Å². The van der Waals surface area contributed by atoms with Crippen molar-refractivity contribution in [2.45, 2.75) is 43.8 Å². The van der Waals surface area contributed by atoms with Crippen molar-refractivity contribution < 1.29 is 5.11 Å². The highest BCUT2D eigenvalue weighted by molar-refractivity contribution is 9.10. The summed E-state index contributed by atoms with van der Waals surface area (Å²) in [6, 6.07) is 9.43. The highest BCUT2D eigenvalue weighted by atomic mass is 79.9. The molecule has 1 aliphatic heterocycles. The Morgan fingerprint density at radius 2 is 2.16 bits per heavy atom. The second-order valence-electron chi connectivity index (χ2n) is 6.00. The fourth-order valence-corrected chi connectivity index (χ4v) is 3.62. The van der Waals surface area contributed by atoms with Gasteiger partial charge in [-0.3, -0.25) is 4.90 Å². The van der Waals surface area contributed by atoms with Gasteiger partial charge in [0, 0.05) is 28.8 Å². The lowest BCUT2D eigenvalue weighted by molar-refractivity contribution is 0.201.